The van der Waals surface area contributed by atoms with Crippen molar-refractivity contribution in [1.82, 2.24) is 0 Å². The highest BCUT2D eigenvalue weighted by Gasteiger charge is 2.35. The molecule has 1 saturated heterocycles. The normalized spacial score (nSPS) is 16.4. The molecule has 4 nitrogen and oxygen atoms in total. The van der Waals surface area contributed by atoms with Crippen LogP contribution in [0.15, 0.2) is 82.7 Å². The maximum absolute atomic E-state index is 13.5. The van der Waals surface area contributed by atoms with Crippen molar-refractivity contribution < 1.29 is 4.79 Å². The van der Waals surface area contributed by atoms with E-state index in [2.05, 4.69) is 17.0 Å². The van der Waals surface area contributed by atoms with Crippen molar-refractivity contribution in [2.75, 3.05) is 23.9 Å². The zero-order valence-corrected chi connectivity index (χ0v) is 19.0. The molecule has 3 aromatic carbocycles. The van der Waals surface area contributed by atoms with Crippen molar-refractivity contribution in [3.05, 3.63) is 94.4 Å². The molecule has 0 radical (unpaired) electrons. The SMILES string of the molecule is Cc1ccccc1N=C1SC(=Cc2ccc(N(C)C)cc2)C(=O)N1c1ccccc1C. The Morgan fingerprint density at radius 3 is 2.16 bits per heavy atom. The summed E-state index contributed by atoms with van der Waals surface area (Å²) in [6, 6.07) is 24.1. The summed E-state index contributed by atoms with van der Waals surface area (Å²) >= 11 is 1.42. The zero-order valence-electron chi connectivity index (χ0n) is 18.2. The van der Waals surface area contributed by atoms with Crippen LogP contribution < -0.4 is 9.80 Å². The second kappa shape index (κ2) is 8.82. The summed E-state index contributed by atoms with van der Waals surface area (Å²) in [6.45, 7) is 4.04. The van der Waals surface area contributed by atoms with E-state index in [9.17, 15) is 4.79 Å². The fourth-order valence-electron chi connectivity index (χ4n) is 3.39. The lowest BCUT2D eigenvalue weighted by molar-refractivity contribution is -0.113. The number of hydrogen-bond acceptors (Lipinski definition) is 4. The largest absolute Gasteiger partial charge is 0.378 e. The molecule has 0 atom stereocenters. The van der Waals surface area contributed by atoms with Gasteiger partial charge in [-0.3, -0.25) is 9.69 Å². The zero-order chi connectivity index (χ0) is 22.0. The van der Waals surface area contributed by atoms with E-state index in [4.69, 9.17) is 4.99 Å². The van der Waals surface area contributed by atoms with Gasteiger partial charge in [-0.15, -0.1) is 0 Å². The summed E-state index contributed by atoms with van der Waals surface area (Å²) in [5.74, 6) is -0.0525. The van der Waals surface area contributed by atoms with Gasteiger partial charge >= 0.3 is 0 Å². The van der Waals surface area contributed by atoms with E-state index in [0.717, 1.165) is 33.8 Å². The van der Waals surface area contributed by atoms with Crippen molar-refractivity contribution in [1.29, 1.82) is 0 Å². The molecule has 5 heteroatoms. The first-order valence-corrected chi connectivity index (χ1v) is 11.0. The van der Waals surface area contributed by atoms with Crippen LogP contribution in [0.5, 0.6) is 0 Å². The molecule has 1 aliphatic heterocycles. The number of nitrogens with zero attached hydrogens (tertiary/aromatic N) is 3. The molecule has 0 saturated carbocycles. The molecule has 0 aliphatic carbocycles. The third kappa shape index (κ3) is 4.42. The van der Waals surface area contributed by atoms with Gasteiger partial charge in [0.15, 0.2) is 5.17 Å². The third-order valence-corrected chi connectivity index (χ3v) is 6.17. The molecule has 0 spiro atoms. The maximum Gasteiger partial charge on any atom is 0.271 e. The summed E-state index contributed by atoms with van der Waals surface area (Å²) in [5, 5.41) is 0.671. The maximum atomic E-state index is 13.5. The van der Waals surface area contributed by atoms with E-state index in [-0.39, 0.29) is 5.91 Å². The van der Waals surface area contributed by atoms with E-state index >= 15 is 0 Å². The predicted octanol–water partition coefficient (Wildman–Crippen LogP) is 6.18. The van der Waals surface area contributed by atoms with Crippen LogP contribution in [0.25, 0.3) is 6.08 Å². The first kappa shape index (κ1) is 20.9. The highest BCUT2D eigenvalue weighted by atomic mass is 32.2. The molecule has 1 fully saturated rings. The summed E-state index contributed by atoms with van der Waals surface area (Å²) in [4.78, 5) is 22.8. The summed E-state index contributed by atoms with van der Waals surface area (Å²) < 4.78 is 0. The molecule has 1 amide bonds. The standard InChI is InChI=1S/C26H25N3OS/c1-18-9-5-7-11-22(18)27-26-29(23-12-8-6-10-19(23)2)25(30)24(31-26)17-20-13-15-21(16-14-20)28(3)4/h5-17H,1-4H3. The van der Waals surface area contributed by atoms with E-state index in [1.165, 1.54) is 11.8 Å². The molecule has 31 heavy (non-hydrogen) atoms. The van der Waals surface area contributed by atoms with Gasteiger partial charge in [0, 0.05) is 19.8 Å². The summed E-state index contributed by atoms with van der Waals surface area (Å²) in [5.41, 5.74) is 5.95. The second-order valence-corrected chi connectivity index (χ2v) is 8.71. The van der Waals surface area contributed by atoms with Gasteiger partial charge in [0.05, 0.1) is 16.3 Å². The van der Waals surface area contributed by atoms with Gasteiger partial charge in [0.1, 0.15) is 0 Å². The number of hydrogen-bond donors (Lipinski definition) is 0. The molecular formula is C26H25N3OS. The lowest BCUT2D eigenvalue weighted by Gasteiger charge is -2.18. The Morgan fingerprint density at radius 2 is 1.52 bits per heavy atom. The molecule has 0 bridgehead atoms. The lowest BCUT2D eigenvalue weighted by Crippen LogP contribution is -2.29. The quantitative estimate of drug-likeness (QED) is 0.467. The first-order valence-electron chi connectivity index (χ1n) is 10.2. The highest BCUT2D eigenvalue weighted by molar-refractivity contribution is 8.19. The smallest absolute Gasteiger partial charge is 0.271 e. The molecule has 3 aromatic rings. The van der Waals surface area contributed by atoms with Crippen LogP contribution in [0, 0.1) is 13.8 Å². The molecule has 0 aromatic heterocycles. The second-order valence-electron chi connectivity index (χ2n) is 7.70. The topological polar surface area (TPSA) is 35.9 Å². The van der Waals surface area contributed by atoms with Crippen LogP contribution >= 0.6 is 11.8 Å². The summed E-state index contributed by atoms with van der Waals surface area (Å²) in [6.07, 6.45) is 1.94. The number of amidine groups is 1. The molecule has 156 valence electrons. The third-order valence-electron chi connectivity index (χ3n) is 5.20. The minimum absolute atomic E-state index is 0.0525. The molecule has 0 N–H and O–H groups in total. The molecule has 0 unspecified atom stereocenters. The number of carbonyl (C=O) groups excluding carboxylic acids is 1. The Hall–Kier alpha value is -3.31. The number of benzene rings is 3. The van der Waals surface area contributed by atoms with E-state index < -0.39 is 0 Å². The number of carbonyl (C=O) groups is 1. The molecule has 1 heterocycles. The fourth-order valence-corrected chi connectivity index (χ4v) is 4.37. The number of para-hydroxylation sites is 2. The Kier molecular flexibility index (Phi) is 5.96. The number of aryl methyl sites for hydroxylation is 2. The Bertz CT molecular complexity index is 1180. The fraction of sp³-hybridized carbons (Fsp3) is 0.154. The molecule has 1 aliphatic rings. The average molecular weight is 428 g/mol. The predicted molar refractivity (Wildman–Crippen MR) is 133 cm³/mol. The van der Waals surface area contributed by atoms with Gasteiger partial charge in [-0.25, -0.2) is 4.99 Å². The van der Waals surface area contributed by atoms with Crippen LogP contribution in [-0.4, -0.2) is 25.2 Å². The Morgan fingerprint density at radius 1 is 0.871 bits per heavy atom. The van der Waals surface area contributed by atoms with Crippen LogP contribution in [0.1, 0.15) is 16.7 Å². The van der Waals surface area contributed by atoms with Crippen molar-refractivity contribution in [2.45, 2.75) is 13.8 Å². The molecule has 4 rings (SSSR count). The Labute approximate surface area is 187 Å². The summed E-state index contributed by atoms with van der Waals surface area (Å²) in [7, 11) is 4.02. The van der Waals surface area contributed by atoms with E-state index in [0.29, 0.717) is 10.1 Å². The number of anilines is 2. The van der Waals surface area contributed by atoms with E-state index in [1.54, 1.807) is 4.90 Å². The number of amides is 1. The van der Waals surface area contributed by atoms with Crippen LogP contribution in [0.2, 0.25) is 0 Å². The van der Waals surface area contributed by atoms with Crippen molar-refractivity contribution >= 4 is 46.0 Å². The van der Waals surface area contributed by atoms with Crippen LogP contribution in [0.4, 0.5) is 17.1 Å². The number of rotatable bonds is 4. The van der Waals surface area contributed by atoms with Crippen LogP contribution in [0.3, 0.4) is 0 Å². The van der Waals surface area contributed by atoms with Gasteiger partial charge in [-0.05, 0) is 72.6 Å². The van der Waals surface area contributed by atoms with Gasteiger partial charge in [-0.2, -0.15) is 0 Å². The first-order chi connectivity index (χ1) is 14.9. The van der Waals surface area contributed by atoms with E-state index in [1.807, 2.05) is 94.7 Å². The monoisotopic (exact) mass is 427 g/mol. The van der Waals surface area contributed by atoms with Gasteiger partial charge < -0.3 is 4.90 Å². The highest BCUT2D eigenvalue weighted by Crippen LogP contribution is 2.38. The minimum Gasteiger partial charge on any atom is -0.378 e. The average Bonchev–Trinajstić information content (AvgIpc) is 3.05. The van der Waals surface area contributed by atoms with Crippen molar-refractivity contribution in [2.24, 2.45) is 4.99 Å². The lowest BCUT2D eigenvalue weighted by atomic mass is 10.1. The van der Waals surface area contributed by atoms with Gasteiger partial charge in [0.2, 0.25) is 0 Å². The minimum atomic E-state index is -0.0525. The van der Waals surface area contributed by atoms with Crippen LogP contribution in [-0.2, 0) is 4.79 Å². The van der Waals surface area contributed by atoms with Gasteiger partial charge in [0.25, 0.3) is 5.91 Å². The number of aliphatic imine (C=N–C) groups is 1. The van der Waals surface area contributed by atoms with Crippen molar-refractivity contribution in [3.63, 3.8) is 0 Å². The van der Waals surface area contributed by atoms with Crippen molar-refractivity contribution in [3.8, 4) is 0 Å². The Balaban J connectivity index is 1.77. The van der Waals surface area contributed by atoms with Gasteiger partial charge in [-0.1, -0.05) is 48.5 Å². The number of thioether (sulfide) groups is 1. The molecular weight excluding hydrogens is 402 g/mol.